The van der Waals surface area contributed by atoms with Crippen molar-refractivity contribution in [2.45, 2.75) is 13.3 Å². The lowest BCUT2D eigenvalue weighted by Crippen LogP contribution is -2.00. The Labute approximate surface area is 103 Å². The predicted octanol–water partition coefficient (Wildman–Crippen LogP) is 2.59. The first-order valence-corrected chi connectivity index (χ1v) is 5.55. The first kappa shape index (κ1) is 12.3. The molecule has 3 N–H and O–H groups in total. The zero-order valence-corrected chi connectivity index (χ0v) is 10.2. The van der Waals surface area contributed by atoms with Crippen molar-refractivity contribution in [1.82, 2.24) is 9.78 Å². The van der Waals surface area contributed by atoms with Gasteiger partial charge in [-0.3, -0.25) is 4.68 Å². The number of aryl methyl sites for hydroxylation is 2. The summed E-state index contributed by atoms with van der Waals surface area (Å²) >= 11 is 0. The summed E-state index contributed by atoms with van der Waals surface area (Å²) in [7, 11) is 1.75. The van der Waals surface area contributed by atoms with Crippen LogP contribution < -0.4 is 11.1 Å². The standard InChI is InChI=1S/C12H14F2N4/c1-3-10-11(6-18(2)17-10)16-12-8(13)4-7(15)5-9(12)14/h4-6,16H,3,15H2,1-2H3. The molecule has 0 aliphatic heterocycles. The number of nitrogens with one attached hydrogen (secondary N) is 1. The lowest BCUT2D eigenvalue weighted by atomic mass is 10.2. The van der Waals surface area contributed by atoms with Crippen LogP contribution in [0.2, 0.25) is 0 Å². The molecule has 0 amide bonds. The van der Waals surface area contributed by atoms with E-state index in [1.807, 2.05) is 6.92 Å². The third-order valence-electron chi connectivity index (χ3n) is 2.56. The summed E-state index contributed by atoms with van der Waals surface area (Å²) in [5.41, 5.74) is 6.52. The molecular formula is C12H14F2N4. The first-order valence-electron chi connectivity index (χ1n) is 5.55. The van der Waals surface area contributed by atoms with Crippen molar-refractivity contribution < 1.29 is 8.78 Å². The average molecular weight is 252 g/mol. The van der Waals surface area contributed by atoms with Crippen molar-refractivity contribution in [3.63, 3.8) is 0 Å². The van der Waals surface area contributed by atoms with Crippen LogP contribution in [0.25, 0.3) is 0 Å². The Morgan fingerprint density at radius 2 is 1.94 bits per heavy atom. The van der Waals surface area contributed by atoms with Crippen molar-refractivity contribution in [3.8, 4) is 0 Å². The van der Waals surface area contributed by atoms with E-state index in [1.54, 1.807) is 17.9 Å². The third kappa shape index (κ3) is 2.27. The summed E-state index contributed by atoms with van der Waals surface area (Å²) in [6.45, 7) is 1.92. The van der Waals surface area contributed by atoms with Crippen LogP contribution in [0, 0.1) is 11.6 Å². The monoisotopic (exact) mass is 252 g/mol. The van der Waals surface area contributed by atoms with Gasteiger partial charge in [0.25, 0.3) is 0 Å². The van der Waals surface area contributed by atoms with E-state index < -0.39 is 11.6 Å². The lowest BCUT2D eigenvalue weighted by molar-refractivity contribution is 0.592. The Hall–Kier alpha value is -2.11. The molecular weight excluding hydrogens is 238 g/mol. The number of anilines is 3. The summed E-state index contributed by atoms with van der Waals surface area (Å²) in [5.74, 6) is -1.45. The van der Waals surface area contributed by atoms with Gasteiger partial charge < -0.3 is 11.1 Å². The van der Waals surface area contributed by atoms with Gasteiger partial charge in [-0.25, -0.2) is 8.78 Å². The van der Waals surface area contributed by atoms with Gasteiger partial charge in [-0.2, -0.15) is 5.10 Å². The highest BCUT2D eigenvalue weighted by Crippen LogP contribution is 2.27. The molecule has 0 atom stereocenters. The van der Waals surface area contributed by atoms with Crippen LogP contribution in [0.15, 0.2) is 18.3 Å². The minimum Gasteiger partial charge on any atom is -0.399 e. The van der Waals surface area contributed by atoms with Crippen LogP contribution in [-0.4, -0.2) is 9.78 Å². The van der Waals surface area contributed by atoms with Gasteiger partial charge in [0, 0.05) is 18.9 Å². The number of aromatic nitrogens is 2. The summed E-state index contributed by atoms with van der Waals surface area (Å²) in [6, 6.07) is 2.15. The fourth-order valence-electron chi connectivity index (χ4n) is 1.75. The Bertz CT molecular complexity index is 554. The average Bonchev–Trinajstić information content (AvgIpc) is 2.64. The molecule has 0 unspecified atom stereocenters. The van der Waals surface area contributed by atoms with E-state index in [2.05, 4.69) is 10.4 Å². The molecule has 6 heteroatoms. The minimum atomic E-state index is -0.724. The molecule has 0 spiro atoms. The highest BCUT2D eigenvalue weighted by Gasteiger charge is 2.13. The zero-order chi connectivity index (χ0) is 13.3. The van der Waals surface area contributed by atoms with E-state index in [0.717, 1.165) is 17.8 Å². The largest absolute Gasteiger partial charge is 0.399 e. The number of benzene rings is 1. The van der Waals surface area contributed by atoms with Gasteiger partial charge in [0.1, 0.15) is 5.69 Å². The van der Waals surface area contributed by atoms with Crippen LogP contribution in [0.1, 0.15) is 12.6 Å². The van der Waals surface area contributed by atoms with E-state index >= 15 is 0 Å². The maximum Gasteiger partial charge on any atom is 0.151 e. The van der Waals surface area contributed by atoms with Crippen molar-refractivity contribution >= 4 is 17.1 Å². The third-order valence-corrected chi connectivity index (χ3v) is 2.56. The second kappa shape index (κ2) is 4.64. The number of halogens is 2. The molecule has 0 aliphatic rings. The molecule has 2 rings (SSSR count). The Morgan fingerprint density at radius 1 is 1.33 bits per heavy atom. The molecule has 0 saturated carbocycles. The van der Waals surface area contributed by atoms with Crippen LogP contribution in [-0.2, 0) is 13.5 Å². The van der Waals surface area contributed by atoms with Crippen molar-refractivity contribution in [3.05, 3.63) is 35.7 Å². The molecule has 2 aromatic rings. The molecule has 1 heterocycles. The highest BCUT2D eigenvalue weighted by atomic mass is 19.1. The number of nitrogens with two attached hydrogens (primary N) is 1. The van der Waals surface area contributed by atoms with Gasteiger partial charge in [-0.1, -0.05) is 6.92 Å². The summed E-state index contributed by atoms with van der Waals surface area (Å²) in [4.78, 5) is 0. The van der Waals surface area contributed by atoms with Gasteiger partial charge >= 0.3 is 0 Å². The molecule has 4 nitrogen and oxygen atoms in total. The number of hydrogen-bond donors (Lipinski definition) is 2. The maximum absolute atomic E-state index is 13.6. The van der Waals surface area contributed by atoms with Crippen LogP contribution >= 0.6 is 0 Å². The molecule has 0 saturated heterocycles. The fourth-order valence-corrected chi connectivity index (χ4v) is 1.75. The quantitative estimate of drug-likeness (QED) is 0.825. The van der Waals surface area contributed by atoms with Gasteiger partial charge in [0.05, 0.1) is 11.4 Å². The Kier molecular flexibility index (Phi) is 3.18. The fraction of sp³-hybridized carbons (Fsp3) is 0.250. The topological polar surface area (TPSA) is 55.9 Å². The van der Waals surface area contributed by atoms with Gasteiger partial charge in [-0.15, -0.1) is 0 Å². The van der Waals surface area contributed by atoms with E-state index in [-0.39, 0.29) is 11.4 Å². The number of hydrogen-bond acceptors (Lipinski definition) is 3. The van der Waals surface area contributed by atoms with Gasteiger partial charge in [0.15, 0.2) is 11.6 Å². The zero-order valence-electron chi connectivity index (χ0n) is 10.2. The second-order valence-corrected chi connectivity index (χ2v) is 4.00. The Morgan fingerprint density at radius 3 is 2.50 bits per heavy atom. The van der Waals surface area contributed by atoms with Crippen LogP contribution in [0.5, 0.6) is 0 Å². The van der Waals surface area contributed by atoms with Crippen LogP contribution in [0.4, 0.5) is 25.8 Å². The van der Waals surface area contributed by atoms with E-state index in [0.29, 0.717) is 12.1 Å². The SMILES string of the molecule is CCc1nn(C)cc1Nc1c(F)cc(N)cc1F. The van der Waals surface area contributed by atoms with Crippen molar-refractivity contribution in [2.24, 2.45) is 7.05 Å². The smallest absolute Gasteiger partial charge is 0.151 e. The molecule has 18 heavy (non-hydrogen) atoms. The number of rotatable bonds is 3. The summed E-state index contributed by atoms with van der Waals surface area (Å²) in [6.07, 6.45) is 2.34. The number of nitrogen functional groups attached to an aromatic ring is 1. The van der Waals surface area contributed by atoms with Gasteiger partial charge in [-0.05, 0) is 18.6 Å². The minimum absolute atomic E-state index is 0.0532. The van der Waals surface area contributed by atoms with E-state index in [4.69, 9.17) is 5.73 Å². The second-order valence-electron chi connectivity index (χ2n) is 4.00. The molecule has 0 bridgehead atoms. The summed E-state index contributed by atoms with van der Waals surface area (Å²) < 4.78 is 28.9. The molecule has 96 valence electrons. The molecule has 0 radical (unpaired) electrons. The lowest BCUT2D eigenvalue weighted by Gasteiger charge is -2.08. The summed E-state index contributed by atoms with van der Waals surface area (Å²) in [5, 5.41) is 6.91. The number of nitrogens with zero attached hydrogens (tertiary/aromatic N) is 2. The highest BCUT2D eigenvalue weighted by molar-refractivity contribution is 5.64. The van der Waals surface area contributed by atoms with Gasteiger partial charge in [0.2, 0.25) is 0 Å². The Balaban J connectivity index is 2.39. The first-order chi connectivity index (χ1) is 8.51. The maximum atomic E-state index is 13.6. The normalized spacial score (nSPS) is 10.7. The molecule has 0 aliphatic carbocycles. The van der Waals surface area contributed by atoms with Crippen molar-refractivity contribution in [2.75, 3.05) is 11.1 Å². The van der Waals surface area contributed by atoms with E-state index in [9.17, 15) is 8.78 Å². The van der Waals surface area contributed by atoms with Crippen LogP contribution in [0.3, 0.4) is 0 Å². The molecule has 0 fully saturated rings. The van der Waals surface area contributed by atoms with E-state index in [1.165, 1.54) is 0 Å². The molecule has 1 aromatic carbocycles. The molecule has 1 aromatic heterocycles. The predicted molar refractivity (Wildman–Crippen MR) is 66.6 cm³/mol. The van der Waals surface area contributed by atoms with Crippen molar-refractivity contribution in [1.29, 1.82) is 0 Å².